The molecule has 0 aliphatic carbocycles. The van der Waals surface area contributed by atoms with E-state index >= 15 is 0 Å². The summed E-state index contributed by atoms with van der Waals surface area (Å²) >= 11 is 1.66. The zero-order chi connectivity index (χ0) is 14.4. The van der Waals surface area contributed by atoms with Gasteiger partial charge in [-0.05, 0) is 13.0 Å². The molecule has 1 aromatic heterocycles. The van der Waals surface area contributed by atoms with Crippen LogP contribution in [-0.2, 0) is 22.6 Å². The maximum Gasteiger partial charge on any atom is 0.246 e. The first-order valence-corrected chi connectivity index (χ1v) is 7.68. The molecule has 110 valence electrons. The number of thiazole rings is 1. The Hall–Kier alpha value is -1.24. The van der Waals surface area contributed by atoms with Gasteiger partial charge in [-0.25, -0.2) is 4.98 Å². The minimum atomic E-state index is 0.00947. The average molecular weight is 295 g/mol. The van der Waals surface area contributed by atoms with Gasteiger partial charge in [0.25, 0.3) is 0 Å². The summed E-state index contributed by atoms with van der Waals surface area (Å²) < 4.78 is 5.34. The van der Waals surface area contributed by atoms with Gasteiger partial charge < -0.3 is 9.64 Å². The van der Waals surface area contributed by atoms with Gasteiger partial charge in [0.15, 0.2) is 0 Å². The number of allylic oxidation sites excluding steroid dienone is 1. The number of morpholine rings is 1. The topological polar surface area (TPSA) is 45.7 Å². The van der Waals surface area contributed by atoms with Gasteiger partial charge in [0, 0.05) is 25.5 Å². The number of likely N-dealkylation sites (N-methyl/N-ethyl adjacent to an activating group) is 1. The lowest BCUT2D eigenvalue weighted by atomic mass is 10.4. The van der Waals surface area contributed by atoms with Crippen molar-refractivity contribution in [1.29, 1.82) is 0 Å². The number of nitrogens with zero attached hydrogens (tertiary/aromatic N) is 3. The first kappa shape index (κ1) is 15.2. The highest BCUT2D eigenvalue weighted by atomic mass is 32.1. The Labute approximate surface area is 123 Å². The normalized spacial score (nSPS) is 16.7. The van der Waals surface area contributed by atoms with Crippen molar-refractivity contribution in [2.75, 3.05) is 33.4 Å². The summed E-state index contributed by atoms with van der Waals surface area (Å²) in [5.74, 6) is 0.00947. The third-order valence-electron chi connectivity index (χ3n) is 3.15. The molecule has 20 heavy (non-hydrogen) atoms. The van der Waals surface area contributed by atoms with Gasteiger partial charge in [0.2, 0.25) is 5.91 Å². The first-order chi connectivity index (χ1) is 9.69. The summed E-state index contributed by atoms with van der Waals surface area (Å²) in [6, 6.07) is 0. The largest absolute Gasteiger partial charge is 0.379 e. The van der Waals surface area contributed by atoms with Crippen LogP contribution in [0.15, 0.2) is 17.5 Å². The summed E-state index contributed by atoms with van der Waals surface area (Å²) in [5, 5.41) is 3.14. The van der Waals surface area contributed by atoms with Crippen molar-refractivity contribution in [3.05, 3.63) is 28.2 Å². The number of carbonyl (C=O) groups is 1. The molecule has 1 aromatic rings. The molecule has 0 unspecified atom stereocenters. The fourth-order valence-electron chi connectivity index (χ4n) is 2.04. The molecule has 1 fully saturated rings. The Morgan fingerprint density at radius 1 is 1.55 bits per heavy atom. The second-order valence-electron chi connectivity index (χ2n) is 4.82. The molecular formula is C14H21N3O2S. The van der Waals surface area contributed by atoms with Gasteiger partial charge in [-0.3, -0.25) is 9.69 Å². The van der Waals surface area contributed by atoms with Gasteiger partial charge >= 0.3 is 0 Å². The molecular weight excluding hydrogens is 274 g/mol. The second kappa shape index (κ2) is 7.52. The van der Waals surface area contributed by atoms with Crippen LogP contribution in [0.5, 0.6) is 0 Å². The second-order valence-corrected chi connectivity index (χ2v) is 5.76. The van der Waals surface area contributed by atoms with E-state index in [-0.39, 0.29) is 5.91 Å². The van der Waals surface area contributed by atoms with Gasteiger partial charge in [0.1, 0.15) is 5.01 Å². The van der Waals surface area contributed by atoms with E-state index in [1.165, 1.54) is 0 Å². The van der Waals surface area contributed by atoms with E-state index in [0.29, 0.717) is 6.54 Å². The Morgan fingerprint density at radius 2 is 2.30 bits per heavy atom. The molecule has 0 bridgehead atoms. The highest BCUT2D eigenvalue weighted by molar-refractivity contribution is 7.09. The zero-order valence-corrected chi connectivity index (χ0v) is 12.9. The number of aromatic nitrogens is 1. The molecule has 0 radical (unpaired) electrons. The van der Waals surface area contributed by atoms with E-state index in [4.69, 9.17) is 4.74 Å². The van der Waals surface area contributed by atoms with Crippen molar-refractivity contribution < 1.29 is 9.53 Å². The summed E-state index contributed by atoms with van der Waals surface area (Å²) in [7, 11) is 1.79. The van der Waals surface area contributed by atoms with Crippen molar-refractivity contribution >= 4 is 17.2 Å². The van der Waals surface area contributed by atoms with Crippen LogP contribution in [0.3, 0.4) is 0 Å². The van der Waals surface area contributed by atoms with Gasteiger partial charge in [-0.1, -0.05) is 6.08 Å². The molecule has 0 aromatic carbocycles. The Balaban J connectivity index is 1.86. The third kappa shape index (κ3) is 4.40. The minimum absolute atomic E-state index is 0.00947. The van der Waals surface area contributed by atoms with Crippen molar-refractivity contribution in [2.45, 2.75) is 20.0 Å². The number of rotatable bonds is 5. The van der Waals surface area contributed by atoms with E-state index in [1.807, 2.05) is 12.3 Å². The van der Waals surface area contributed by atoms with E-state index in [0.717, 1.165) is 43.5 Å². The fraction of sp³-hybridized carbons (Fsp3) is 0.571. The van der Waals surface area contributed by atoms with Crippen LogP contribution in [0.4, 0.5) is 0 Å². The predicted octanol–water partition coefficient (Wildman–Crippen LogP) is 1.51. The Kier molecular flexibility index (Phi) is 5.70. The molecule has 6 heteroatoms. The molecule has 1 amide bonds. The number of ether oxygens (including phenoxy) is 1. The SMILES string of the molecule is C/C=C/C(=O)N(C)Cc1csc(CN2CCOCC2)n1. The minimum Gasteiger partial charge on any atom is -0.379 e. The smallest absolute Gasteiger partial charge is 0.246 e. The molecule has 0 atom stereocenters. The van der Waals surface area contributed by atoms with Crippen molar-refractivity contribution in [3.8, 4) is 0 Å². The molecule has 1 aliphatic rings. The molecule has 5 nitrogen and oxygen atoms in total. The average Bonchev–Trinajstić information content (AvgIpc) is 2.87. The van der Waals surface area contributed by atoms with E-state index < -0.39 is 0 Å². The lowest BCUT2D eigenvalue weighted by Crippen LogP contribution is -2.35. The first-order valence-electron chi connectivity index (χ1n) is 6.80. The number of carbonyl (C=O) groups excluding carboxylic acids is 1. The van der Waals surface area contributed by atoms with Gasteiger partial charge in [0.05, 0.1) is 32.0 Å². The fourth-order valence-corrected chi connectivity index (χ4v) is 2.86. The van der Waals surface area contributed by atoms with E-state index in [2.05, 4.69) is 9.88 Å². The Morgan fingerprint density at radius 3 is 3.00 bits per heavy atom. The van der Waals surface area contributed by atoms with Crippen molar-refractivity contribution in [2.24, 2.45) is 0 Å². The van der Waals surface area contributed by atoms with Crippen LogP contribution in [0.1, 0.15) is 17.6 Å². The van der Waals surface area contributed by atoms with Crippen molar-refractivity contribution in [3.63, 3.8) is 0 Å². The summed E-state index contributed by atoms with van der Waals surface area (Å²) in [6.07, 6.45) is 3.32. The van der Waals surface area contributed by atoms with Crippen LogP contribution < -0.4 is 0 Å². The summed E-state index contributed by atoms with van der Waals surface area (Å²) in [4.78, 5) is 20.3. The number of hydrogen-bond acceptors (Lipinski definition) is 5. The predicted molar refractivity (Wildman–Crippen MR) is 79.5 cm³/mol. The standard InChI is InChI=1S/C14H21N3O2S/c1-3-4-14(18)16(2)9-12-11-20-13(15-12)10-17-5-7-19-8-6-17/h3-4,11H,5-10H2,1-2H3/b4-3+. The van der Waals surface area contributed by atoms with Crippen LogP contribution in [0.25, 0.3) is 0 Å². The van der Waals surface area contributed by atoms with Crippen molar-refractivity contribution in [1.82, 2.24) is 14.8 Å². The number of hydrogen-bond donors (Lipinski definition) is 0. The van der Waals surface area contributed by atoms with Crippen LogP contribution in [0, 0.1) is 0 Å². The van der Waals surface area contributed by atoms with Gasteiger partial charge in [-0.15, -0.1) is 11.3 Å². The highest BCUT2D eigenvalue weighted by Gasteiger charge is 2.14. The van der Waals surface area contributed by atoms with Crippen LogP contribution >= 0.6 is 11.3 Å². The number of amides is 1. The molecule has 0 spiro atoms. The monoisotopic (exact) mass is 295 g/mol. The quantitative estimate of drug-likeness (QED) is 0.773. The van der Waals surface area contributed by atoms with Gasteiger partial charge in [-0.2, -0.15) is 0 Å². The summed E-state index contributed by atoms with van der Waals surface area (Å²) in [5.41, 5.74) is 0.957. The molecule has 0 saturated carbocycles. The highest BCUT2D eigenvalue weighted by Crippen LogP contribution is 2.14. The molecule has 1 aliphatic heterocycles. The lowest BCUT2D eigenvalue weighted by Gasteiger charge is -2.25. The third-order valence-corrected chi connectivity index (χ3v) is 4.03. The maximum atomic E-state index is 11.7. The molecule has 2 rings (SSSR count). The summed E-state index contributed by atoms with van der Waals surface area (Å²) in [6.45, 7) is 6.82. The van der Waals surface area contributed by atoms with Crippen LogP contribution in [0.2, 0.25) is 0 Å². The molecule has 2 heterocycles. The van der Waals surface area contributed by atoms with E-state index in [9.17, 15) is 4.79 Å². The molecule has 1 saturated heterocycles. The zero-order valence-electron chi connectivity index (χ0n) is 12.0. The van der Waals surface area contributed by atoms with E-state index in [1.54, 1.807) is 35.4 Å². The maximum absolute atomic E-state index is 11.7. The Bertz CT molecular complexity index is 467. The van der Waals surface area contributed by atoms with Crippen LogP contribution in [-0.4, -0.2) is 54.0 Å². The molecule has 0 N–H and O–H groups in total. The lowest BCUT2D eigenvalue weighted by molar-refractivity contribution is -0.125.